The minimum atomic E-state index is -1.18. The summed E-state index contributed by atoms with van der Waals surface area (Å²) in [6, 6.07) is 3.66. The Labute approximate surface area is 258 Å². The fourth-order valence-electron chi connectivity index (χ4n) is 4.35. The largest absolute Gasteiger partial charge is 0.463 e. The molecule has 45 heavy (non-hydrogen) atoms. The first-order chi connectivity index (χ1) is 21.5. The Morgan fingerprint density at radius 2 is 1.89 bits per heavy atom. The smallest absolute Gasteiger partial charge is 0.330 e. The Kier molecular flexibility index (Phi) is 12.5. The van der Waals surface area contributed by atoms with Crippen LogP contribution in [0.4, 0.5) is 4.39 Å². The van der Waals surface area contributed by atoms with Crippen LogP contribution < -0.4 is 16.4 Å². The number of aryl methyl sites for hydroxylation is 1. The molecule has 3 rings (SSSR count). The number of hydrogen-bond donors (Lipinski definition) is 4. The van der Waals surface area contributed by atoms with Crippen molar-refractivity contribution in [2.24, 2.45) is 5.73 Å². The van der Waals surface area contributed by atoms with Gasteiger partial charge in [-0.2, -0.15) is 0 Å². The molecule has 3 atom stereocenters. The third kappa shape index (κ3) is 10.7. The number of carbonyl (C=O) groups is 5. The molecular formula is C30H36FN7O7. The molecule has 2 heterocycles. The molecule has 4 amide bonds. The van der Waals surface area contributed by atoms with Gasteiger partial charge in [-0.3, -0.25) is 19.2 Å². The zero-order chi connectivity index (χ0) is 32.9. The number of benzene rings is 1. The minimum Gasteiger partial charge on any atom is -0.463 e. The molecular weight excluding hydrogens is 589 g/mol. The highest BCUT2D eigenvalue weighted by Gasteiger charge is 2.34. The van der Waals surface area contributed by atoms with Crippen LogP contribution in [-0.4, -0.2) is 81.4 Å². The first kappa shape index (κ1) is 34.2. The third-order valence-electron chi connectivity index (χ3n) is 6.68. The second-order valence-corrected chi connectivity index (χ2v) is 10.2. The summed E-state index contributed by atoms with van der Waals surface area (Å²) < 4.78 is 23.5. The molecule has 1 aromatic carbocycles. The van der Waals surface area contributed by atoms with Crippen LogP contribution in [-0.2, 0) is 36.8 Å². The van der Waals surface area contributed by atoms with E-state index in [-0.39, 0.29) is 38.0 Å². The molecule has 5 N–H and O–H groups in total. The maximum atomic E-state index is 14.0. The fourth-order valence-corrected chi connectivity index (χ4v) is 4.35. The molecule has 0 spiro atoms. The number of H-pyrrole nitrogens is 1. The first-order valence-electron chi connectivity index (χ1n) is 14.1. The van der Waals surface area contributed by atoms with E-state index in [0.29, 0.717) is 17.0 Å². The highest BCUT2D eigenvalue weighted by Crippen LogP contribution is 2.14. The lowest BCUT2D eigenvalue weighted by molar-refractivity contribution is -0.140. The lowest BCUT2D eigenvalue weighted by Gasteiger charge is -2.32. The quantitative estimate of drug-likeness (QED) is 0.133. The number of rotatable bonds is 16. The Morgan fingerprint density at radius 1 is 1.16 bits per heavy atom. The van der Waals surface area contributed by atoms with E-state index in [1.165, 1.54) is 60.9 Å². The first-order valence-corrected chi connectivity index (χ1v) is 14.1. The van der Waals surface area contributed by atoms with Crippen molar-refractivity contribution in [3.05, 3.63) is 83.5 Å². The van der Waals surface area contributed by atoms with Gasteiger partial charge < -0.3 is 35.5 Å². The number of nitrogens with zero attached hydrogens (tertiary/aromatic N) is 3. The third-order valence-corrected chi connectivity index (χ3v) is 6.68. The minimum absolute atomic E-state index is 0.000147. The number of aromatic amines is 1. The van der Waals surface area contributed by atoms with Crippen molar-refractivity contribution < 1.29 is 37.6 Å². The van der Waals surface area contributed by atoms with Crippen LogP contribution in [0.2, 0.25) is 0 Å². The van der Waals surface area contributed by atoms with E-state index in [1.807, 2.05) is 0 Å². The van der Waals surface area contributed by atoms with Gasteiger partial charge in [0.05, 0.1) is 12.9 Å². The Hall–Kier alpha value is -5.34. The summed E-state index contributed by atoms with van der Waals surface area (Å²) in [6.45, 7) is 3.39. The molecule has 0 aliphatic heterocycles. The highest BCUT2D eigenvalue weighted by molar-refractivity contribution is 5.97. The van der Waals surface area contributed by atoms with Crippen LogP contribution in [0.3, 0.4) is 0 Å². The van der Waals surface area contributed by atoms with Crippen molar-refractivity contribution in [2.75, 3.05) is 13.7 Å². The number of aromatic nitrogens is 3. The van der Waals surface area contributed by atoms with E-state index in [2.05, 4.69) is 25.8 Å². The van der Waals surface area contributed by atoms with Crippen molar-refractivity contribution in [3.8, 4) is 0 Å². The molecule has 0 radical (unpaired) electrons. The van der Waals surface area contributed by atoms with Gasteiger partial charge in [-0.05, 0) is 38.0 Å². The van der Waals surface area contributed by atoms with Crippen molar-refractivity contribution in [2.45, 2.75) is 57.7 Å². The summed E-state index contributed by atoms with van der Waals surface area (Å²) in [5.74, 6) is -3.29. The molecule has 3 unspecified atom stereocenters. The van der Waals surface area contributed by atoms with Crippen LogP contribution in [0.25, 0.3) is 0 Å². The average Bonchev–Trinajstić information content (AvgIpc) is 3.69. The van der Waals surface area contributed by atoms with Gasteiger partial charge in [0, 0.05) is 56.4 Å². The van der Waals surface area contributed by atoms with E-state index < -0.39 is 53.5 Å². The number of nitrogens with one attached hydrogen (secondary N) is 3. The van der Waals surface area contributed by atoms with Crippen molar-refractivity contribution in [1.29, 1.82) is 0 Å². The van der Waals surface area contributed by atoms with Gasteiger partial charge in [0.15, 0.2) is 5.69 Å². The highest BCUT2D eigenvalue weighted by atomic mass is 19.1. The maximum absolute atomic E-state index is 14.0. The van der Waals surface area contributed by atoms with E-state index in [0.717, 1.165) is 6.08 Å². The van der Waals surface area contributed by atoms with Crippen molar-refractivity contribution >= 4 is 29.6 Å². The monoisotopic (exact) mass is 625 g/mol. The van der Waals surface area contributed by atoms with Gasteiger partial charge in [0.25, 0.3) is 5.91 Å². The Morgan fingerprint density at radius 3 is 2.49 bits per heavy atom. The van der Waals surface area contributed by atoms with Crippen LogP contribution in [0.15, 0.2) is 59.5 Å². The molecule has 2 aromatic heterocycles. The number of hydrogen-bond acceptors (Lipinski definition) is 9. The summed E-state index contributed by atoms with van der Waals surface area (Å²) in [5, 5.41) is 9.11. The second kappa shape index (κ2) is 16.5. The molecule has 14 nitrogen and oxygen atoms in total. The molecule has 0 saturated heterocycles. The van der Waals surface area contributed by atoms with Gasteiger partial charge >= 0.3 is 5.97 Å². The summed E-state index contributed by atoms with van der Waals surface area (Å²) in [6.07, 6.45) is 5.34. The molecule has 240 valence electrons. The molecule has 0 bridgehead atoms. The van der Waals surface area contributed by atoms with Gasteiger partial charge in [0.2, 0.25) is 17.7 Å². The molecule has 0 aliphatic rings. The summed E-state index contributed by atoms with van der Waals surface area (Å²) in [7, 11) is 1.40. The number of carbonyl (C=O) groups excluding carboxylic acids is 5. The lowest BCUT2D eigenvalue weighted by atomic mass is 10.0. The standard InChI is InChI=1S/C30H36FN7O7/c1-4-44-27(40)12-10-21(9-11-26(32)39)35-29(42)25(14-19-5-7-20(31)8-6-19)38(3)30(43)24(15-22-16-33-17-34-22)36-28(41)23-13-18(2)45-37-23/h5-8,10,12-13,16-17,21,24-25H,4,9,11,14-15H2,1-3H3,(H2,32,39)(H,33,34)(H,35,42)(H,36,41)/b12-10+. The number of ether oxygens (including phenoxy) is 1. The van der Waals surface area contributed by atoms with Gasteiger partial charge in [-0.15, -0.1) is 0 Å². The zero-order valence-corrected chi connectivity index (χ0v) is 25.1. The zero-order valence-electron chi connectivity index (χ0n) is 25.1. The fraction of sp³-hybridized carbons (Fsp3) is 0.367. The normalized spacial score (nSPS) is 13.1. The predicted octanol–water partition coefficient (Wildman–Crippen LogP) is 1.13. The van der Waals surface area contributed by atoms with Crippen LogP contribution >= 0.6 is 0 Å². The number of esters is 1. The van der Waals surface area contributed by atoms with E-state index in [4.69, 9.17) is 15.0 Å². The van der Waals surface area contributed by atoms with Crippen LogP contribution in [0.1, 0.15) is 47.3 Å². The number of halogens is 1. The number of likely N-dealkylation sites (N-methyl/N-ethyl adjacent to an activating group) is 1. The number of imidazole rings is 1. The van der Waals surface area contributed by atoms with E-state index in [9.17, 15) is 28.4 Å². The Balaban J connectivity index is 1.91. The van der Waals surface area contributed by atoms with Gasteiger partial charge in [-0.1, -0.05) is 23.4 Å². The molecule has 0 saturated carbocycles. The number of nitrogens with two attached hydrogens (primary N) is 1. The predicted molar refractivity (Wildman–Crippen MR) is 158 cm³/mol. The summed E-state index contributed by atoms with van der Waals surface area (Å²) in [4.78, 5) is 72.2. The van der Waals surface area contributed by atoms with Gasteiger partial charge in [0.1, 0.15) is 23.7 Å². The average molecular weight is 626 g/mol. The molecule has 0 aliphatic carbocycles. The topological polar surface area (TPSA) is 203 Å². The van der Waals surface area contributed by atoms with Crippen LogP contribution in [0, 0.1) is 12.7 Å². The van der Waals surface area contributed by atoms with Gasteiger partial charge in [-0.25, -0.2) is 14.2 Å². The number of amides is 4. The second-order valence-electron chi connectivity index (χ2n) is 10.2. The van der Waals surface area contributed by atoms with Crippen LogP contribution in [0.5, 0.6) is 0 Å². The van der Waals surface area contributed by atoms with Crippen molar-refractivity contribution in [1.82, 2.24) is 30.7 Å². The SMILES string of the molecule is CCOC(=O)/C=C/C(CCC(N)=O)NC(=O)C(Cc1ccc(F)cc1)N(C)C(=O)C(Cc1cnc[nH]1)NC(=O)c1cc(C)on1. The maximum Gasteiger partial charge on any atom is 0.330 e. The lowest BCUT2D eigenvalue weighted by Crippen LogP contribution is -2.56. The number of primary amides is 1. The molecule has 3 aromatic rings. The van der Waals surface area contributed by atoms with E-state index in [1.54, 1.807) is 13.8 Å². The summed E-state index contributed by atoms with van der Waals surface area (Å²) >= 11 is 0. The summed E-state index contributed by atoms with van der Waals surface area (Å²) in [5.41, 5.74) is 6.34. The molecule has 0 fully saturated rings. The van der Waals surface area contributed by atoms with Crippen molar-refractivity contribution in [3.63, 3.8) is 0 Å². The Bertz CT molecular complexity index is 1490. The molecule has 15 heteroatoms. The van der Waals surface area contributed by atoms with E-state index >= 15 is 0 Å².